The monoisotopic (exact) mass is 274 g/mol. The van der Waals surface area contributed by atoms with Crippen molar-refractivity contribution in [1.82, 2.24) is 9.78 Å². The molecule has 1 heterocycles. The molecule has 2 N–H and O–H groups in total. The topological polar surface area (TPSA) is 84.6 Å². The molecule has 0 saturated carbocycles. The van der Waals surface area contributed by atoms with E-state index in [2.05, 4.69) is 5.10 Å². The van der Waals surface area contributed by atoms with Gasteiger partial charge in [0.1, 0.15) is 5.75 Å². The Morgan fingerprint density at radius 3 is 2.70 bits per heavy atom. The molecule has 0 amide bonds. The molecule has 7 heteroatoms. The molecule has 2 aromatic rings. The first-order valence-corrected chi connectivity index (χ1v) is 6.09. The van der Waals surface area contributed by atoms with E-state index >= 15 is 0 Å². The third kappa shape index (κ3) is 3.07. The summed E-state index contributed by atoms with van der Waals surface area (Å²) in [7, 11) is -0.0953. The molecule has 0 aliphatic carbocycles. The highest BCUT2D eigenvalue weighted by Gasteiger charge is 2.17. The molecule has 0 aliphatic rings. The number of aryl methyl sites for hydroxylation is 1. The van der Waals surface area contributed by atoms with E-state index in [9.17, 15) is 14.8 Å². The zero-order valence-corrected chi connectivity index (χ0v) is 11.3. The van der Waals surface area contributed by atoms with Crippen LogP contribution in [-0.4, -0.2) is 34.1 Å². The Kier molecular flexibility index (Phi) is 4.21. The smallest absolute Gasteiger partial charge is 0.488 e. The molecule has 0 spiro atoms. The molecule has 0 aliphatic heterocycles. The van der Waals surface area contributed by atoms with Gasteiger partial charge in [0.2, 0.25) is 0 Å². The minimum Gasteiger partial charge on any atom is -0.497 e. The molecule has 0 saturated heterocycles. The summed E-state index contributed by atoms with van der Waals surface area (Å²) in [6.45, 7) is 1.92. The lowest BCUT2D eigenvalue weighted by Gasteiger charge is -2.12. The number of hydrogen-bond donors (Lipinski definition) is 2. The highest BCUT2D eigenvalue weighted by Crippen LogP contribution is 2.12. The van der Waals surface area contributed by atoms with Crippen molar-refractivity contribution < 1.29 is 14.8 Å². The maximum absolute atomic E-state index is 11.8. The van der Waals surface area contributed by atoms with Crippen molar-refractivity contribution in [3.05, 3.63) is 51.9 Å². The Morgan fingerprint density at radius 2 is 2.05 bits per heavy atom. The van der Waals surface area contributed by atoms with Gasteiger partial charge in [-0.25, -0.2) is 4.68 Å². The van der Waals surface area contributed by atoms with Gasteiger partial charge in [-0.15, -0.1) is 0 Å². The first-order chi connectivity index (χ1) is 9.51. The van der Waals surface area contributed by atoms with E-state index in [1.54, 1.807) is 31.2 Å². The lowest BCUT2D eigenvalue weighted by molar-refractivity contribution is 0.413. The molecule has 2 rings (SSSR count). The Labute approximate surface area is 116 Å². The second kappa shape index (κ2) is 5.89. The zero-order valence-electron chi connectivity index (χ0n) is 11.3. The maximum atomic E-state index is 11.8. The molecule has 1 aromatic carbocycles. The molecule has 0 bridgehead atoms. The van der Waals surface area contributed by atoms with E-state index in [1.165, 1.54) is 17.9 Å². The zero-order chi connectivity index (χ0) is 14.7. The second-order valence-electron chi connectivity index (χ2n) is 4.41. The first kappa shape index (κ1) is 14.3. The quantitative estimate of drug-likeness (QED) is 0.719. The number of methoxy groups -OCH3 is 1. The molecule has 1 aromatic heterocycles. The number of aromatic nitrogens is 2. The van der Waals surface area contributed by atoms with Crippen LogP contribution in [0.2, 0.25) is 0 Å². The summed E-state index contributed by atoms with van der Waals surface area (Å²) in [5.41, 5.74) is 1.34. The average Bonchev–Trinajstić information content (AvgIpc) is 2.42. The highest BCUT2D eigenvalue weighted by molar-refractivity contribution is 6.59. The van der Waals surface area contributed by atoms with Gasteiger partial charge in [-0.05, 0) is 36.1 Å². The van der Waals surface area contributed by atoms with Crippen molar-refractivity contribution in [2.45, 2.75) is 13.5 Å². The van der Waals surface area contributed by atoms with E-state index in [4.69, 9.17) is 4.74 Å². The van der Waals surface area contributed by atoms with Gasteiger partial charge in [0.05, 0.1) is 19.3 Å². The summed E-state index contributed by atoms with van der Waals surface area (Å²) in [5.74, 6) is 0.574. The van der Waals surface area contributed by atoms with Crippen molar-refractivity contribution in [3.63, 3.8) is 0 Å². The lowest BCUT2D eigenvalue weighted by atomic mass is 9.77. The molecule has 0 atom stereocenters. The fourth-order valence-corrected chi connectivity index (χ4v) is 1.92. The largest absolute Gasteiger partial charge is 0.497 e. The van der Waals surface area contributed by atoms with Crippen LogP contribution < -0.4 is 15.8 Å². The number of nitrogens with zero attached hydrogens (tertiary/aromatic N) is 2. The normalized spacial score (nSPS) is 10.4. The van der Waals surface area contributed by atoms with E-state index in [-0.39, 0.29) is 12.1 Å². The molecular formula is C13H15BN2O4. The van der Waals surface area contributed by atoms with E-state index in [0.29, 0.717) is 22.5 Å². The average molecular weight is 274 g/mol. The van der Waals surface area contributed by atoms with Crippen molar-refractivity contribution in [1.29, 1.82) is 0 Å². The van der Waals surface area contributed by atoms with Crippen molar-refractivity contribution in [3.8, 4) is 5.75 Å². The predicted octanol–water partition coefficient (Wildman–Crippen LogP) is -0.712. The molecule has 104 valence electrons. The second-order valence-corrected chi connectivity index (χ2v) is 4.41. The van der Waals surface area contributed by atoms with E-state index in [1.807, 2.05) is 0 Å². The van der Waals surface area contributed by atoms with Crippen LogP contribution in [0.4, 0.5) is 0 Å². The number of ether oxygens (including phenoxy) is 1. The van der Waals surface area contributed by atoms with Crippen molar-refractivity contribution in [2.75, 3.05) is 7.11 Å². The van der Waals surface area contributed by atoms with Gasteiger partial charge in [-0.2, -0.15) is 5.10 Å². The summed E-state index contributed by atoms with van der Waals surface area (Å²) >= 11 is 0. The van der Waals surface area contributed by atoms with Crippen LogP contribution in [0.25, 0.3) is 0 Å². The van der Waals surface area contributed by atoms with Gasteiger partial charge < -0.3 is 14.8 Å². The van der Waals surface area contributed by atoms with Crippen molar-refractivity contribution >= 4 is 12.6 Å². The Morgan fingerprint density at radius 1 is 1.30 bits per heavy atom. The Bertz CT molecular complexity index is 670. The van der Waals surface area contributed by atoms with Gasteiger partial charge in [0.25, 0.3) is 5.56 Å². The fourth-order valence-electron chi connectivity index (χ4n) is 1.92. The highest BCUT2D eigenvalue weighted by atomic mass is 16.5. The van der Waals surface area contributed by atoms with E-state index < -0.39 is 7.12 Å². The van der Waals surface area contributed by atoms with Crippen molar-refractivity contribution in [2.24, 2.45) is 0 Å². The molecule has 0 unspecified atom stereocenters. The van der Waals surface area contributed by atoms with Crippen LogP contribution in [0.15, 0.2) is 35.1 Å². The number of rotatable bonds is 4. The maximum Gasteiger partial charge on any atom is 0.488 e. The van der Waals surface area contributed by atoms with E-state index in [0.717, 1.165) is 0 Å². The summed E-state index contributed by atoms with van der Waals surface area (Å²) in [4.78, 5) is 11.8. The predicted molar refractivity (Wildman–Crippen MR) is 75.2 cm³/mol. The fraction of sp³-hybridized carbons (Fsp3) is 0.231. The molecule has 6 nitrogen and oxygen atoms in total. The summed E-state index contributed by atoms with van der Waals surface area (Å²) < 4.78 is 6.38. The van der Waals surface area contributed by atoms with Gasteiger partial charge in [0.15, 0.2) is 0 Å². The molecule has 20 heavy (non-hydrogen) atoms. The lowest BCUT2D eigenvalue weighted by Crippen LogP contribution is -2.35. The van der Waals surface area contributed by atoms with Crippen LogP contribution in [0.1, 0.15) is 11.3 Å². The van der Waals surface area contributed by atoms with Crippen LogP contribution in [0.5, 0.6) is 5.75 Å². The summed E-state index contributed by atoms with van der Waals surface area (Å²) in [6.07, 6.45) is 0. The molecule has 0 radical (unpaired) electrons. The molecular weight excluding hydrogens is 259 g/mol. The standard InChI is InChI=1S/C13H15BN2O4/c1-9-3-6-13(17)16(15-9)8-10-7-11(20-2)4-5-12(10)14(18)19/h3-7,18-19H,8H2,1-2H3. The number of hydrogen-bond acceptors (Lipinski definition) is 5. The summed E-state index contributed by atoms with van der Waals surface area (Å²) in [5, 5.41) is 22.9. The number of benzene rings is 1. The van der Waals surface area contributed by atoms with Gasteiger partial charge >= 0.3 is 7.12 Å². The first-order valence-electron chi connectivity index (χ1n) is 6.09. The SMILES string of the molecule is COc1ccc(B(O)O)c(Cn2nc(C)ccc2=O)c1. The van der Waals surface area contributed by atoms with Crippen LogP contribution in [-0.2, 0) is 6.54 Å². The Balaban J connectivity index is 2.45. The third-order valence-corrected chi connectivity index (χ3v) is 2.95. The minimum absolute atomic E-state index is 0.144. The third-order valence-electron chi connectivity index (χ3n) is 2.95. The van der Waals surface area contributed by atoms with Gasteiger partial charge in [0, 0.05) is 6.07 Å². The Hall–Kier alpha value is -2.12. The van der Waals surface area contributed by atoms with Crippen LogP contribution in [0.3, 0.4) is 0 Å². The van der Waals surface area contributed by atoms with Gasteiger partial charge in [-0.3, -0.25) is 4.79 Å². The van der Waals surface area contributed by atoms with Crippen LogP contribution in [0, 0.1) is 6.92 Å². The summed E-state index contributed by atoms with van der Waals surface area (Å²) in [6, 6.07) is 7.90. The minimum atomic E-state index is -1.61. The van der Waals surface area contributed by atoms with Gasteiger partial charge in [-0.1, -0.05) is 6.07 Å². The molecule has 0 fully saturated rings. The van der Waals surface area contributed by atoms with Crippen LogP contribution >= 0.6 is 0 Å².